The minimum absolute atomic E-state index is 0.217. The average molecular weight is 219 g/mol. The molecule has 0 saturated carbocycles. The van der Waals surface area contributed by atoms with E-state index in [1.165, 1.54) is 0 Å². The van der Waals surface area contributed by atoms with Gasteiger partial charge in [0.15, 0.2) is 0 Å². The van der Waals surface area contributed by atoms with E-state index in [1.54, 1.807) is 18.4 Å². The highest BCUT2D eigenvalue weighted by Gasteiger charge is 2.16. The van der Waals surface area contributed by atoms with Gasteiger partial charge in [-0.25, -0.2) is 0 Å². The minimum Gasteiger partial charge on any atom is -0.384 e. The zero-order valence-corrected chi connectivity index (χ0v) is 8.90. The van der Waals surface area contributed by atoms with Crippen molar-refractivity contribution in [3.63, 3.8) is 0 Å². The summed E-state index contributed by atoms with van der Waals surface area (Å²) in [6.07, 6.45) is 0.674. The SMILES string of the molecule is COCC(Cc1cccs1)C(=O)Cl. The Bertz CT molecular complexity index is 259. The second-order valence-corrected chi connectivity index (χ2v) is 4.14. The molecule has 1 aromatic heterocycles. The molecule has 13 heavy (non-hydrogen) atoms. The van der Waals surface area contributed by atoms with Crippen LogP contribution < -0.4 is 0 Å². The van der Waals surface area contributed by atoms with Crippen LogP contribution in [0, 0.1) is 5.92 Å². The van der Waals surface area contributed by atoms with Gasteiger partial charge in [0.25, 0.3) is 0 Å². The molecule has 0 aliphatic carbocycles. The minimum atomic E-state index is -0.324. The summed E-state index contributed by atoms with van der Waals surface area (Å²) in [4.78, 5) is 12.1. The Hall–Kier alpha value is -0.380. The van der Waals surface area contributed by atoms with E-state index in [2.05, 4.69) is 0 Å². The molecule has 0 spiro atoms. The third-order valence-electron chi connectivity index (χ3n) is 1.72. The number of ether oxygens (including phenoxy) is 1. The van der Waals surface area contributed by atoms with Gasteiger partial charge in [0.1, 0.15) is 0 Å². The fourth-order valence-corrected chi connectivity index (χ4v) is 2.00. The lowest BCUT2D eigenvalue weighted by Gasteiger charge is -2.09. The fourth-order valence-electron chi connectivity index (χ4n) is 1.08. The van der Waals surface area contributed by atoms with Crippen LogP contribution in [0.5, 0.6) is 0 Å². The van der Waals surface area contributed by atoms with E-state index >= 15 is 0 Å². The molecule has 1 unspecified atom stereocenters. The van der Waals surface area contributed by atoms with Crippen molar-refractivity contribution in [2.75, 3.05) is 13.7 Å². The molecule has 4 heteroatoms. The number of halogens is 1. The number of carbonyl (C=O) groups is 1. The summed E-state index contributed by atoms with van der Waals surface area (Å²) >= 11 is 7.05. The van der Waals surface area contributed by atoms with Gasteiger partial charge in [-0.15, -0.1) is 11.3 Å². The fraction of sp³-hybridized carbons (Fsp3) is 0.444. The third kappa shape index (κ3) is 3.46. The molecule has 0 fully saturated rings. The molecule has 0 aromatic carbocycles. The molecular weight excluding hydrogens is 208 g/mol. The Morgan fingerprint density at radius 2 is 2.54 bits per heavy atom. The van der Waals surface area contributed by atoms with Crippen molar-refractivity contribution < 1.29 is 9.53 Å². The lowest BCUT2D eigenvalue weighted by Crippen LogP contribution is -2.17. The normalized spacial score (nSPS) is 12.8. The topological polar surface area (TPSA) is 26.3 Å². The summed E-state index contributed by atoms with van der Waals surface area (Å²) in [7, 11) is 1.57. The second kappa shape index (κ2) is 5.37. The van der Waals surface area contributed by atoms with Crippen molar-refractivity contribution in [1.82, 2.24) is 0 Å². The van der Waals surface area contributed by atoms with Crippen LogP contribution in [0.4, 0.5) is 0 Å². The Balaban J connectivity index is 2.52. The van der Waals surface area contributed by atoms with Crippen molar-refractivity contribution >= 4 is 28.2 Å². The molecule has 0 aliphatic rings. The predicted octanol–water partition coefficient (Wildman–Crippen LogP) is 2.32. The first-order valence-electron chi connectivity index (χ1n) is 3.94. The summed E-state index contributed by atoms with van der Waals surface area (Å²) in [6.45, 7) is 0.389. The zero-order valence-electron chi connectivity index (χ0n) is 7.33. The van der Waals surface area contributed by atoms with Gasteiger partial charge in [0.2, 0.25) is 5.24 Å². The number of methoxy groups -OCH3 is 1. The number of hydrogen-bond donors (Lipinski definition) is 0. The second-order valence-electron chi connectivity index (χ2n) is 2.74. The van der Waals surface area contributed by atoms with Crippen molar-refractivity contribution in [1.29, 1.82) is 0 Å². The molecule has 1 heterocycles. The van der Waals surface area contributed by atoms with Gasteiger partial charge in [-0.3, -0.25) is 4.79 Å². The van der Waals surface area contributed by atoms with Crippen LogP contribution in [-0.4, -0.2) is 19.0 Å². The van der Waals surface area contributed by atoms with Gasteiger partial charge in [-0.05, 0) is 29.5 Å². The van der Waals surface area contributed by atoms with Gasteiger partial charge in [0.05, 0.1) is 12.5 Å². The smallest absolute Gasteiger partial charge is 0.227 e. The molecule has 1 atom stereocenters. The predicted molar refractivity (Wildman–Crippen MR) is 54.2 cm³/mol. The molecule has 0 aliphatic heterocycles. The van der Waals surface area contributed by atoms with E-state index in [4.69, 9.17) is 16.3 Å². The van der Waals surface area contributed by atoms with Gasteiger partial charge in [0, 0.05) is 12.0 Å². The van der Waals surface area contributed by atoms with E-state index < -0.39 is 0 Å². The van der Waals surface area contributed by atoms with E-state index in [-0.39, 0.29) is 11.2 Å². The molecule has 2 nitrogen and oxygen atoms in total. The van der Waals surface area contributed by atoms with Crippen LogP contribution in [0.15, 0.2) is 17.5 Å². The molecule has 0 amide bonds. The molecule has 0 radical (unpaired) electrons. The molecule has 0 N–H and O–H groups in total. The third-order valence-corrected chi connectivity index (χ3v) is 2.92. The van der Waals surface area contributed by atoms with Crippen molar-refractivity contribution in [3.05, 3.63) is 22.4 Å². The Morgan fingerprint density at radius 3 is 3.00 bits per heavy atom. The van der Waals surface area contributed by atoms with Gasteiger partial charge in [-0.1, -0.05) is 6.07 Å². The molecule has 0 saturated heterocycles. The van der Waals surface area contributed by atoms with E-state index in [9.17, 15) is 4.79 Å². The number of hydrogen-bond acceptors (Lipinski definition) is 3. The van der Waals surface area contributed by atoms with E-state index in [0.29, 0.717) is 13.0 Å². The number of thiophene rings is 1. The first-order chi connectivity index (χ1) is 6.24. The Kier molecular flexibility index (Phi) is 4.42. The van der Waals surface area contributed by atoms with E-state index in [0.717, 1.165) is 4.88 Å². The van der Waals surface area contributed by atoms with Crippen molar-refractivity contribution in [3.8, 4) is 0 Å². The molecule has 0 bridgehead atoms. The highest BCUT2D eigenvalue weighted by Crippen LogP contribution is 2.16. The van der Waals surface area contributed by atoms with Gasteiger partial charge >= 0.3 is 0 Å². The maximum absolute atomic E-state index is 11.0. The highest BCUT2D eigenvalue weighted by atomic mass is 35.5. The average Bonchev–Trinajstić information content (AvgIpc) is 2.56. The zero-order chi connectivity index (χ0) is 9.68. The lowest BCUT2D eigenvalue weighted by atomic mass is 10.1. The monoisotopic (exact) mass is 218 g/mol. The number of carbonyl (C=O) groups excluding carboxylic acids is 1. The van der Waals surface area contributed by atoms with Crippen molar-refractivity contribution in [2.24, 2.45) is 5.92 Å². The molecular formula is C9H11ClO2S. The summed E-state index contributed by atoms with van der Waals surface area (Å²) in [6, 6.07) is 3.95. The van der Waals surface area contributed by atoms with Crippen LogP contribution in [0.1, 0.15) is 4.88 Å². The molecule has 1 rings (SSSR count). The van der Waals surface area contributed by atoms with Gasteiger partial charge in [-0.2, -0.15) is 0 Å². The van der Waals surface area contributed by atoms with Crippen LogP contribution in [-0.2, 0) is 16.0 Å². The standard InChI is InChI=1S/C9H11ClO2S/c1-12-6-7(9(10)11)5-8-3-2-4-13-8/h2-4,7H,5-6H2,1H3. The van der Waals surface area contributed by atoms with Crippen LogP contribution in [0.2, 0.25) is 0 Å². The maximum atomic E-state index is 11.0. The first kappa shape index (κ1) is 10.7. The molecule has 1 aromatic rings. The largest absolute Gasteiger partial charge is 0.384 e. The van der Waals surface area contributed by atoms with Crippen LogP contribution >= 0.6 is 22.9 Å². The number of rotatable bonds is 5. The quantitative estimate of drug-likeness (QED) is 0.709. The molecule has 72 valence electrons. The first-order valence-corrected chi connectivity index (χ1v) is 5.20. The van der Waals surface area contributed by atoms with Gasteiger partial charge < -0.3 is 4.74 Å². The summed E-state index contributed by atoms with van der Waals surface area (Å²) in [5.41, 5.74) is 0. The summed E-state index contributed by atoms with van der Waals surface area (Å²) in [5, 5.41) is 1.66. The van der Waals surface area contributed by atoms with Crippen LogP contribution in [0.3, 0.4) is 0 Å². The summed E-state index contributed by atoms with van der Waals surface area (Å²) < 4.78 is 4.91. The highest BCUT2D eigenvalue weighted by molar-refractivity contribution is 7.09. The lowest BCUT2D eigenvalue weighted by molar-refractivity contribution is -0.116. The maximum Gasteiger partial charge on any atom is 0.227 e. The van der Waals surface area contributed by atoms with Crippen LogP contribution in [0.25, 0.3) is 0 Å². The summed E-state index contributed by atoms with van der Waals surface area (Å²) in [5.74, 6) is -0.217. The van der Waals surface area contributed by atoms with E-state index in [1.807, 2.05) is 17.5 Å². The Labute approximate surface area is 86.5 Å². The Morgan fingerprint density at radius 1 is 1.77 bits per heavy atom. The van der Waals surface area contributed by atoms with Crippen molar-refractivity contribution in [2.45, 2.75) is 6.42 Å².